The number of phosphoric acid groups is 1. The molecule has 0 heterocycles. The molecule has 8 nitrogen and oxygen atoms in total. The van der Waals surface area contributed by atoms with Gasteiger partial charge in [0.1, 0.15) is 13.2 Å². The van der Waals surface area contributed by atoms with Gasteiger partial charge in [0.15, 0.2) is 0 Å². The van der Waals surface area contributed by atoms with Gasteiger partial charge in [-0.05, 0) is 77.0 Å². The van der Waals surface area contributed by atoms with Crippen LogP contribution in [-0.4, -0.2) is 68.5 Å². The third kappa shape index (κ3) is 49.2. The lowest BCUT2D eigenvalue weighted by Crippen LogP contribution is -2.46. The van der Waals surface area contributed by atoms with Crippen molar-refractivity contribution in [1.29, 1.82) is 0 Å². The van der Waals surface area contributed by atoms with E-state index >= 15 is 0 Å². The number of amides is 1. The van der Waals surface area contributed by atoms with E-state index in [-0.39, 0.29) is 19.1 Å². The first-order valence-electron chi connectivity index (χ1n) is 26.1. The zero-order valence-electron chi connectivity index (χ0n) is 42.4. The highest BCUT2D eigenvalue weighted by Crippen LogP contribution is 2.38. The number of allylic oxidation sites excluding steroid dienone is 16. The summed E-state index contributed by atoms with van der Waals surface area (Å²) in [4.78, 5) is 25.1. The molecule has 3 atom stereocenters. The van der Waals surface area contributed by atoms with Crippen LogP contribution in [0.3, 0.4) is 0 Å². The summed E-state index contributed by atoms with van der Waals surface area (Å²) in [6.45, 7) is 4.46. The Kier molecular flexibility index (Phi) is 44.7. The predicted molar refractivity (Wildman–Crippen MR) is 279 cm³/mol. The molecule has 3 unspecified atom stereocenters. The van der Waals surface area contributed by atoms with Crippen molar-refractivity contribution in [1.82, 2.24) is 5.32 Å². The average molecular weight is 927 g/mol. The Morgan fingerprint density at radius 2 is 0.938 bits per heavy atom. The summed E-state index contributed by atoms with van der Waals surface area (Å²) in [5.41, 5.74) is 0. The maximum absolute atomic E-state index is 12.8. The smallest absolute Gasteiger partial charge is 0.268 e. The number of carbonyl (C=O) groups excluding carboxylic acids is 1. The van der Waals surface area contributed by atoms with Crippen molar-refractivity contribution >= 4 is 13.7 Å². The normalized spacial score (nSPS) is 14.9. The van der Waals surface area contributed by atoms with Crippen molar-refractivity contribution in [3.05, 3.63) is 97.2 Å². The molecule has 0 fully saturated rings. The molecule has 0 aliphatic heterocycles. The predicted octanol–water partition coefficient (Wildman–Crippen LogP) is 14.8. The Bertz CT molecular complexity index is 1370. The highest BCUT2D eigenvalue weighted by Gasteiger charge is 2.24. The van der Waals surface area contributed by atoms with E-state index in [4.69, 9.17) is 9.05 Å². The Balaban J connectivity index is 3.81. The maximum Gasteiger partial charge on any atom is 0.268 e. The van der Waals surface area contributed by atoms with Crippen LogP contribution in [0.1, 0.15) is 200 Å². The fourth-order valence-electron chi connectivity index (χ4n) is 7.00. The Morgan fingerprint density at radius 3 is 1.35 bits per heavy atom. The van der Waals surface area contributed by atoms with Crippen LogP contribution in [0.25, 0.3) is 0 Å². The van der Waals surface area contributed by atoms with Gasteiger partial charge in [-0.3, -0.25) is 9.36 Å². The Morgan fingerprint density at radius 1 is 0.554 bits per heavy atom. The molecule has 0 aliphatic rings. The second kappa shape index (κ2) is 46.5. The van der Waals surface area contributed by atoms with Crippen LogP contribution >= 0.6 is 7.82 Å². The summed E-state index contributed by atoms with van der Waals surface area (Å²) >= 11 is 0. The number of likely N-dealkylation sites (N-methyl/N-ethyl adjacent to an activating group) is 1. The first-order valence-corrected chi connectivity index (χ1v) is 27.5. The maximum atomic E-state index is 12.8. The van der Waals surface area contributed by atoms with Crippen LogP contribution < -0.4 is 10.2 Å². The zero-order valence-corrected chi connectivity index (χ0v) is 43.3. The molecule has 0 radical (unpaired) electrons. The zero-order chi connectivity index (χ0) is 47.8. The van der Waals surface area contributed by atoms with Crippen molar-refractivity contribution in [2.45, 2.75) is 212 Å². The van der Waals surface area contributed by atoms with Crippen LogP contribution in [-0.2, 0) is 18.4 Å². The molecular formula is C56H99N2O6P. The minimum atomic E-state index is -4.55. The highest BCUT2D eigenvalue weighted by molar-refractivity contribution is 7.45. The minimum absolute atomic E-state index is 0.00761. The van der Waals surface area contributed by atoms with Crippen molar-refractivity contribution in [3.8, 4) is 0 Å². The number of aliphatic hydroxyl groups is 1. The molecule has 0 bridgehead atoms. The molecule has 0 saturated heterocycles. The molecule has 0 spiro atoms. The molecule has 2 N–H and O–H groups in total. The molecular weight excluding hydrogens is 828 g/mol. The minimum Gasteiger partial charge on any atom is -0.756 e. The van der Waals surface area contributed by atoms with Crippen LogP contribution in [0.2, 0.25) is 0 Å². The summed E-state index contributed by atoms with van der Waals surface area (Å²) < 4.78 is 23.0. The quantitative estimate of drug-likeness (QED) is 0.0272. The van der Waals surface area contributed by atoms with Gasteiger partial charge in [-0.2, -0.15) is 0 Å². The third-order valence-electron chi connectivity index (χ3n) is 11.1. The molecule has 9 heteroatoms. The molecule has 0 aliphatic carbocycles. The molecule has 65 heavy (non-hydrogen) atoms. The fourth-order valence-corrected chi connectivity index (χ4v) is 7.72. The number of hydrogen-bond donors (Lipinski definition) is 2. The number of unbranched alkanes of at least 4 members (excludes halogenated alkanes) is 17. The summed E-state index contributed by atoms with van der Waals surface area (Å²) in [6.07, 6.45) is 66.6. The van der Waals surface area contributed by atoms with E-state index in [1.807, 2.05) is 21.1 Å². The first kappa shape index (κ1) is 62.4. The van der Waals surface area contributed by atoms with Crippen LogP contribution in [0.4, 0.5) is 0 Å². The van der Waals surface area contributed by atoms with Crippen molar-refractivity contribution in [2.75, 3.05) is 40.9 Å². The van der Waals surface area contributed by atoms with Gasteiger partial charge in [0, 0.05) is 6.42 Å². The lowest BCUT2D eigenvalue weighted by Gasteiger charge is -2.30. The summed E-state index contributed by atoms with van der Waals surface area (Å²) in [7, 11) is 1.29. The monoisotopic (exact) mass is 927 g/mol. The van der Waals surface area contributed by atoms with Gasteiger partial charge in [0.25, 0.3) is 7.82 Å². The van der Waals surface area contributed by atoms with E-state index in [2.05, 4.69) is 116 Å². The number of quaternary nitrogens is 1. The van der Waals surface area contributed by atoms with E-state index in [1.54, 1.807) is 0 Å². The van der Waals surface area contributed by atoms with Crippen LogP contribution in [0.5, 0.6) is 0 Å². The number of aliphatic hydroxyl groups excluding tert-OH is 1. The number of carbonyl (C=O) groups is 1. The standard InChI is InChI=1S/C56H99N2O6P/c1-6-8-10-12-13-14-15-16-17-18-19-20-21-22-23-24-25-26-27-28-29-30-31-32-33-34-35-36-37-38-39-40-41-42-43-44-45-46-48-50-56(60)57-54(55(59)49-47-11-9-7-2)53-64-65(61,62)63-52-51-58(3,4)5/h8,10,13-14,16-17,19-20,22-23,25-26,28-29,31-32,54-55,59H,6-7,9,11-12,15,18,21,24,27,30,33-53H2,1-5H3,(H-,57,60,61,62)/b10-8-,14-13-,17-16-,20-19-,23-22-,26-25-,29-28-,32-31-. The van der Waals surface area contributed by atoms with E-state index in [9.17, 15) is 19.4 Å². The topological polar surface area (TPSA) is 108 Å². The first-order chi connectivity index (χ1) is 31.5. The van der Waals surface area contributed by atoms with Crippen LogP contribution in [0, 0.1) is 0 Å². The van der Waals surface area contributed by atoms with Gasteiger partial charge in [-0.1, -0.05) is 214 Å². The van der Waals surface area contributed by atoms with Gasteiger partial charge < -0.3 is 28.8 Å². The molecule has 0 aromatic rings. The number of rotatable bonds is 46. The number of hydrogen-bond acceptors (Lipinski definition) is 6. The fraction of sp³-hybridized carbons (Fsp3) is 0.696. The van der Waals surface area contributed by atoms with Crippen LogP contribution in [0.15, 0.2) is 97.2 Å². The molecule has 1 amide bonds. The van der Waals surface area contributed by atoms with E-state index in [0.29, 0.717) is 23.9 Å². The van der Waals surface area contributed by atoms with Crippen molar-refractivity contribution in [3.63, 3.8) is 0 Å². The number of phosphoric ester groups is 1. The van der Waals surface area contributed by atoms with E-state index in [0.717, 1.165) is 96.3 Å². The highest BCUT2D eigenvalue weighted by atomic mass is 31.2. The molecule has 374 valence electrons. The Hall–Kier alpha value is -2.58. The molecule has 0 aromatic heterocycles. The van der Waals surface area contributed by atoms with E-state index < -0.39 is 20.0 Å². The SMILES string of the molecule is CC/C=C\C/C=C\C/C=C\C/C=C\C/C=C\C/C=C\C/C=C\C/C=C\CCCCCCCCCCCCCCCCC(=O)NC(COP(=O)([O-])OCC[N+](C)(C)C)C(O)CCCCCC. The average Bonchev–Trinajstić information content (AvgIpc) is 3.26. The van der Waals surface area contributed by atoms with Gasteiger partial charge >= 0.3 is 0 Å². The summed E-state index contributed by atoms with van der Waals surface area (Å²) in [5.74, 6) is -0.179. The van der Waals surface area contributed by atoms with Gasteiger partial charge in [0.05, 0.1) is 39.9 Å². The third-order valence-corrected chi connectivity index (χ3v) is 12.1. The lowest BCUT2D eigenvalue weighted by molar-refractivity contribution is -0.870. The molecule has 0 aromatic carbocycles. The lowest BCUT2D eigenvalue weighted by atomic mass is 10.0. The van der Waals surface area contributed by atoms with Gasteiger partial charge in [-0.25, -0.2) is 0 Å². The number of nitrogens with one attached hydrogen (secondary N) is 1. The second-order valence-electron chi connectivity index (χ2n) is 18.5. The summed E-state index contributed by atoms with van der Waals surface area (Å²) in [6, 6.07) is -0.800. The largest absolute Gasteiger partial charge is 0.756 e. The van der Waals surface area contributed by atoms with Gasteiger partial charge in [-0.15, -0.1) is 0 Å². The Labute approximate surface area is 400 Å². The molecule has 0 rings (SSSR count). The number of nitrogens with zero attached hydrogens (tertiary/aromatic N) is 1. The second-order valence-corrected chi connectivity index (χ2v) is 19.9. The van der Waals surface area contributed by atoms with Crippen molar-refractivity contribution in [2.24, 2.45) is 0 Å². The molecule has 0 saturated carbocycles. The van der Waals surface area contributed by atoms with E-state index in [1.165, 1.54) is 77.0 Å². The van der Waals surface area contributed by atoms with Crippen molar-refractivity contribution < 1.29 is 32.9 Å². The van der Waals surface area contributed by atoms with Gasteiger partial charge in [0.2, 0.25) is 5.91 Å². The summed E-state index contributed by atoms with van der Waals surface area (Å²) in [5, 5.41) is 13.7.